The zero-order valence-corrected chi connectivity index (χ0v) is 9.58. The second-order valence-electron chi connectivity index (χ2n) is 3.17. The van der Waals surface area contributed by atoms with E-state index in [0.717, 1.165) is 15.7 Å². The molecule has 0 spiro atoms. The van der Waals surface area contributed by atoms with Crippen molar-refractivity contribution in [3.63, 3.8) is 0 Å². The van der Waals surface area contributed by atoms with Gasteiger partial charge in [-0.15, -0.1) is 0 Å². The molecule has 0 bridgehead atoms. The highest BCUT2D eigenvalue weighted by Gasteiger charge is 2.06. The molecule has 0 unspecified atom stereocenters. The highest BCUT2D eigenvalue weighted by Crippen LogP contribution is 2.21. The summed E-state index contributed by atoms with van der Waals surface area (Å²) in [6.07, 6.45) is 0. The Balaban J connectivity index is 2.79. The second-order valence-corrected chi connectivity index (χ2v) is 4.08. The molecule has 0 amide bonds. The van der Waals surface area contributed by atoms with Crippen molar-refractivity contribution in [1.29, 1.82) is 0 Å². The molecule has 3 nitrogen and oxygen atoms in total. The lowest BCUT2D eigenvalue weighted by atomic mass is 10.2. The van der Waals surface area contributed by atoms with Crippen LogP contribution in [-0.4, -0.2) is 29.5 Å². The van der Waals surface area contributed by atoms with Crippen molar-refractivity contribution in [2.24, 2.45) is 0 Å². The molecule has 3 N–H and O–H groups in total. The average Bonchev–Trinajstić information content (AvgIpc) is 2.19. The predicted octanol–water partition coefficient (Wildman–Crippen LogP) is 1.52. The molecule has 0 fully saturated rings. The third-order valence-corrected chi connectivity index (χ3v) is 2.49. The Kier molecular flexibility index (Phi) is 4.38. The van der Waals surface area contributed by atoms with Crippen LogP contribution < -0.4 is 5.32 Å². The van der Waals surface area contributed by atoms with E-state index in [1.165, 1.54) is 0 Å². The van der Waals surface area contributed by atoms with Crippen molar-refractivity contribution in [2.75, 3.05) is 18.5 Å². The minimum absolute atomic E-state index is 0.0809. The minimum atomic E-state index is -0.303. The number of nitrogens with one attached hydrogen (secondary N) is 1. The van der Waals surface area contributed by atoms with Crippen LogP contribution in [0.1, 0.15) is 5.56 Å². The Morgan fingerprint density at radius 1 is 1.36 bits per heavy atom. The second kappa shape index (κ2) is 5.34. The molecule has 0 aromatic heterocycles. The van der Waals surface area contributed by atoms with Gasteiger partial charge in [0.1, 0.15) is 0 Å². The summed E-state index contributed by atoms with van der Waals surface area (Å²) in [5, 5.41) is 20.9. The van der Waals surface area contributed by atoms with Gasteiger partial charge in [0.25, 0.3) is 0 Å². The summed E-state index contributed by atoms with van der Waals surface area (Å²) in [5.74, 6) is 0. The number of aliphatic hydroxyl groups is 2. The van der Waals surface area contributed by atoms with Crippen molar-refractivity contribution in [1.82, 2.24) is 0 Å². The molecule has 1 rings (SSSR count). The van der Waals surface area contributed by atoms with Crippen molar-refractivity contribution in [3.8, 4) is 0 Å². The minimum Gasteiger partial charge on any atom is -0.394 e. The maximum atomic E-state index is 8.91. The topological polar surface area (TPSA) is 52.5 Å². The lowest BCUT2D eigenvalue weighted by molar-refractivity contribution is 0.204. The number of anilines is 1. The molecule has 0 radical (unpaired) electrons. The van der Waals surface area contributed by atoms with Crippen LogP contribution in [0.4, 0.5) is 5.69 Å². The van der Waals surface area contributed by atoms with E-state index >= 15 is 0 Å². The van der Waals surface area contributed by atoms with Crippen molar-refractivity contribution in [3.05, 3.63) is 28.2 Å². The van der Waals surface area contributed by atoms with Crippen LogP contribution in [0.3, 0.4) is 0 Å². The fraction of sp³-hybridized carbons (Fsp3) is 0.400. The first-order valence-electron chi connectivity index (χ1n) is 4.41. The van der Waals surface area contributed by atoms with Gasteiger partial charge in [-0.2, -0.15) is 0 Å². The van der Waals surface area contributed by atoms with Crippen LogP contribution in [-0.2, 0) is 0 Å². The van der Waals surface area contributed by atoms with Gasteiger partial charge < -0.3 is 15.5 Å². The number of hydrogen-bond donors (Lipinski definition) is 3. The third-order valence-electron chi connectivity index (χ3n) is 2.00. The lowest BCUT2D eigenvalue weighted by Crippen LogP contribution is -2.27. The van der Waals surface area contributed by atoms with Gasteiger partial charge in [0.2, 0.25) is 0 Å². The summed E-state index contributed by atoms with van der Waals surface area (Å²) >= 11 is 3.37. The summed E-state index contributed by atoms with van der Waals surface area (Å²) in [5.41, 5.74) is 2.01. The molecule has 0 aliphatic heterocycles. The van der Waals surface area contributed by atoms with Gasteiger partial charge in [-0.1, -0.05) is 22.0 Å². The molecule has 0 saturated carbocycles. The molecular formula is C10H14BrNO2. The summed E-state index contributed by atoms with van der Waals surface area (Å²) in [7, 11) is 0. The Bertz CT molecular complexity index is 300. The molecule has 0 aliphatic rings. The molecule has 1 aromatic rings. The highest BCUT2D eigenvalue weighted by molar-refractivity contribution is 9.10. The number of benzene rings is 1. The van der Waals surface area contributed by atoms with Gasteiger partial charge in [0.15, 0.2) is 0 Å². The molecule has 0 heterocycles. The van der Waals surface area contributed by atoms with E-state index in [1.54, 1.807) is 0 Å². The molecule has 14 heavy (non-hydrogen) atoms. The van der Waals surface area contributed by atoms with Gasteiger partial charge in [-0.05, 0) is 24.6 Å². The number of halogens is 1. The van der Waals surface area contributed by atoms with Crippen molar-refractivity contribution in [2.45, 2.75) is 13.0 Å². The van der Waals surface area contributed by atoms with E-state index in [1.807, 2.05) is 25.1 Å². The number of hydrogen-bond acceptors (Lipinski definition) is 3. The van der Waals surface area contributed by atoms with Gasteiger partial charge in [0.05, 0.1) is 19.3 Å². The largest absolute Gasteiger partial charge is 0.394 e. The molecular weight excluding hydrogens is 246 g/mol. The normalized spacial score (nSPS) is 10.6. The van der Waals surface area contributed by atoms with Gasteiger partial charge in [-0.3, -0.25) is 0 Å². The van der Waals surface area contributed by atoms with Crippen LogP contribution in [0, 0.1) is 6.92 Å². The number of aliphatic hydroxyl groups excluding tert-OH is 2. The Morgan fingerprint density at radius 3 is 2.57 bits per heavy atom. The van der Waals surface area contributed by atoms with Gasteiger partial charge in [0, 0.05) is 10.2 Å². The van der Waals surface area contributed by atoms with E-state index in [-0.39, 0.29) is 19.3 Å². The Morgan fingerprint density at radius 2 is 2.00 bits per heavy atom. The van der Waals surface area contributed by atoms with Crippen molar-refractivity contribution < 1.29 is 10.2 Å². The average molecular weight is 260 g/mol. The maximum absolute atomic E-state index is 8.91. The Labute approximate surface area is 91.9 Å². The van der Waals surface area contributed by atoms with Crippen molar-refractivity contribution >= 4 is 21.6 Å². The molecule has 0 atom stereocenters. The van der Waals surface area contributed by atoms with E-state index in [9.17, 15) is 0 Å². The smallest absolute Gasteiger partial charge is 0.0723 e. The monoisotopic (exact) mass is 259 g/mol. The van der Waals surface area contributed by atoms with Crippen LogP contribution in [0.2, 0.25) is 0 Å². The molecule has 0 saturated heterocycles. The highest BCUT2D eigenvalue weighted by atomic mass is 79.9. The van der Waals surface area contributed by atoms with E-state index < -0.39 is 0 Å². The number of rotatable bonds is 4. The van der Waals surface area contributed by atoms with Gasteiger partial charge in [-0.25, -0.2) is 0 Å². The first-order chi connectivity index (χ1) is 6.67. The van der Waals surface area contributed by atoms with Gasteiger partial charge >= 0.3 is 0 Å². The zero-order valence-electron chi connectivity index (χ0n) is 8.00. The zero-order chi connectivity index (χ0) is 10.6. The molecule has 4 heteroatoms. The summed E-state index contributed by atoms with van der Waals surface area (Å²) in [4.78, 5) is 0. The van der Waals surface area contributed by atoms with E-state index in [4.69, 9.17) is 10.2 Å². The first kappa shape index (κ1) is 11.5. The van der Waals surface area contributed by atoms with E-state index in [2.05, 4.69) is 21.2 Å². The van der Waals surface area contributed by atoms with Crippen LogP contribution >= 0.6 is 15.9 Å². The first-order valence-corrected chi connectivity index (χ1v) is 5.21. The summed E-state index contributed by atoms with van der Waals surface area (Å²) < 4.78 is 0.972. The van der Waals surface area contributed by atoms with E-state index in [0.29, 0.717) is 0 Å². The summed E-state index contributed by atoms with van der Waals surface area (Å²) in [6.45, 7) is 1.81. The molecule has 78 valence electrons. The quantitative estimate of drug-likeness (QED) is 0.769. The summed E-state index contributed by atoms with van der Waals surface area (Å²) in [6, 6.07) is 5.54. The SMILES string of the molecule is Cc1ccc(Br)cc1NC(CO)CO. The van der Waals surface area contributed by atoms with Crippen LogP contribution in [0.5, 0.6) is 0 Å². The Hall–Kier alpha value is -0.580. The van der Waals surface area contributed by atoms with Crippen LogP contribution in [0.25, 0.3) is 0 Å². The molecule has 1 aromatic carbocycles. The number of aryl methyl sites for hydroxylation is 1. The fourth-order valence-electron chi connectivity index (χ4n) is 1.12. The predicted molar refractivity (Wildman–Crippen MR) is 60.5 cm³/mol. The molecule has 0 aliphatic carbocycles. The standard InChI is InChI=1S/C10H14BrNO2/c1-7-2-3-8(11)4-10(7)12-9(5-13)6-14/h2-4,9,12-14H,5-6H2,1H3. The fourth-order valence-corrected chi connectivity index (χ4v) is 1.48. The lowest BCUT2D eigenvalue weighted by Gasteiger charge is -2.16. The maximum Gasteiger partial charge on any atom is 0.0723 e. The van der Waals surface area contributed by atoms with Crippen LogP contribution in [0.15, 0.2) is 22.7 Å². The third kappa shape index (κ3) is 2.97.